The number of nitrogens with zero attached hydrogens (tertiary/aromatic N) is 2. The van der Waals surface area contributed by atoms with E-state index < -0.39 is 0 Å². The first kappa shape index (κ1) is 19.2. The minimum Gasteiger partial charge on any atom is -0.496 e. The number of piperazine rings is 1. The maximum atomic E-state index is 5.73. The lowest BCUT2D eigenvalue weighted by molar-refractivity contribution is 0.246. The molecule has 3 aromatic carbocycles. The van der Waals surface area contributed by atoms with Gasteiger partial charge in [-0.15, -0.1) is 0 Å². The summed E-state index contributed by atoms with van der Waals surface area (Å²) in [5.74, 6) is 2.56. The molecular formula is C27H30N2O. The summed E-state index contributed by atoms with van der Waals surface area (Å²) in [6, 6.07) is 28.1. The molecule has 3 nitrogen and oxygen atoms in total. The highest BCUT2D eigenvalue weighted by atomic mass is 16.5. The second-order valence-corrected chi connectivity index (χ2v) is 8.55. The SMILES string of the molecule is COc1cc(N2CCN(CC3CC3c3ccccc3)CC2)ccc1-c1ccccc1. The molecule has 154 valence electrons. The van der Waals surface area contributed by atoms with E-state index >= 15 is 0 Å². The van der Waals surface area contributed by atoms with Crippen LogP contribution in [0.2, 0.25) is 0 Å². The van der Waals surface area contributed by atoms with Crippen LogP contribution in [0.3, 0.4) is 0 Å². The number of hydrogen-bond acceptors (Lipinski definition) is 3. The van der Waals surface area contributed by atoms with E-state index in [2.05, 4.69) is 82.6 Å². The molecule has 0 amide bonds. The van der Waals surface area contributed by atoms with Gasteiger partial charge < -0.3 is 9.64 Å². The van der Waals surface area contributed by atoms with Gasteiger partial charge in [0, 0.05) is 50.0 Å². The smallest absolute Gasteiger partial charge is 0.128 e. The van der Waals surface area contributed by atoms with Crippen molar-refractivity contribution in [2.24, 2.45) is 5.92 Å². The first-order valence-corrected chi connectivity index (χ1v) is 11.1. The van der Waals surface area contributed by atoms with Gasteiger partial charge in [-0.2, -0.15) is 0 Å². The number of anilines is 1. The molecule has 0 N–H and O–H groups in total. The van der Waals surface area contributed by atoms with Crippen LogP contribution in [0, 0.1) is 5.92 Å². The van der Waals surface area contributed by atoms with Gasteiger partial charge in [0.15, 0.2) is 0 Å². The van der Waals surface area contributed by atoms with E-state index in [-0.39, 0.29) is 0 Å². The lowest BCUT2D eigenvalue weighted by atomic mass is 10.0. The summed E-state index contributed by atoms with van der Waals surface area (Å²) in [7, 11) is 1.77. The van der Waals surface area contributed by atoms with E-state index in [4.69, 9.17) is 4.74 Å². The summed E-state index contributed by atoms with van der Waals surface area (Å²) in [4.78, 5) is 5.15. The summed E-state index contributed by atoms with van der Waals surface area (Å²) in [6.07, 6.45) is 1.35. The van der Waals surface area contributed by atoms with E-state index in [0.29, 0.717) is 0 Å². The van der Waals surface area contributed by atoms with Crippen LogP contribution in [0.1, 0.15) is 17.9 Å². The van der Waals surface area contributed by atoms with E-state index in [9.17, 15) is 0 Å². The van der Waals surface area contributed by atoms with Crippen LogP contribution in [0.4, 0.5) is 5.69 Å². The van der Waals surface area contributed by atoms with Crippen LogP contribution in [0.5, 0.6) is 5.75 Å². The molecule has 1 heterocycles. The van der Waals surface area contributed by atoms with Gasteiger partial charge in [0.1, 0.15) is 5.75 Å². The first-order valence-electron chi connectivity index (χ1n) is 11.1. The van der Waals surface area contributed by atoms with Gasteiger partial charge in [0.25, 0.3) is 0 Å². The maximum Gasteiger partial charge on any atom is 0.128 e. The quantitative estimate of drug-likeness (QED) is 0.561. The highest BCUT2D eigenvalue weighted by Crippen LogP contribution is 2.47. The molecule has 3 heteroatoms. The summed E-state index contributed by atoms with van der Waals surface area (Å²) in [6.45, 7) is 5.68. The minimum atomic E-state index is 0.777. The molecule has 5 rings (SSSR count). The van der Waals surface area contributed by atoms with E-state index in [1.54, 1.807) is 7.11 Å². The van der Waals surface area contributed by atoms with Crippen LogP contribution in [0.15, 0.2) is 78.9 Å². The Morgan fingerprint density at radius 2 is 1.53 bits per heavy atom. The van der Waals surface area contributed by atoms with Gasteiger partial charge in [-0.05, 0) is 41.5 Å². The number of rotatable bonds is 6. The van der Waals surface area contributed by atoms with Crippen molar-refractivity contribution in [3.8, 4) is 16.9 Å². The van der Waals surface area contributed by atoms with Crippen molar-refractivity contribution in [1.82, 2.24) is 4.90 Å². The van der Waals surface area contributed by atoms with Crippen molar-refractivity contribution in [3.05, 3.63) is 84.4 Å². The Morgan fingerprint density at radius 1 is 0.833 bits per heavy atom. The summed E-state index contributed by atoms with van der Waals surface area (Å²) in [5, 5.41) is 0. The topological polar surface area (TPSA) is 15.7 Å². The van der Waals surface area contributed by atoms with E-state index in [0.717, 1.165) is 49.3 Å². The van der Waals surface area contributed by atoms with Gasteiger partial charge >= 0.3 is 0 Å². The maximum absolute atomic E-state index is 5.73. The highest BCUT2D eigenvalue weighted by molar-refractivity contribution is 5.73. The summed E-state index contributed by atoms with van der Waals surface area (Å²) in [5.41, 5.74) is 5.13. The van der Waals surface area contributed by atoms with Crippen molar-refractivity contribution >= 4 is 5.69 Å². The molecule has 1 aliphatic heterocycles. The molecule has 0 spiro atoms. The van der Waals surface area contributed by atoms with Gasteiger partial charge in [-0.25, -0.2) is 0 Å². The number of methoxy groups -OCH3 is 1. The highest BCUT2D eigenvalue weighted by Gasteiger charge is 2.39. The van der Waals surface area contributed by atoms with Gasteiger partial charge in [-0.3, -0.25) is 4.90 Å². The molecule has 2 atom stereocenters. The van der Waals surface area contributed by atoms with Crippen LogP contribution >= 0.6 is 0 Å². The third-order valence-electron chi connectivity index (χ3n) is 6.65. The Morgan fingerprint density at radius 3 is 2.23 bits per heavy atom. The lowest BCUT2D eigenvalue weighted by Gasteiger charge is -2.36. The molecule has 2 fully saturated rings. The summed E-state index contributed by atoms with van der Waals surface area (Å²) < 4.78 is 5.73. The van der Waals surface area contributed by atoms with Crippen molar-refractivity contribution in [3.63, 3.8) is 0 Å². The molecule has 30 heavy (non-hydrogen) atoms. The number of hydrogen-bond donors (Lipinski definition) is 0. The number of ether oxygens (including phenoxy) is 1. The fourth-order valence-corrected chi connectivity index (χ4v) is 4.81. The molecule has 2 aliphatic rings. The monoisotopic (exact) mass is 398 g/mol. The van der Waals surface area contributed by atoms with E-state index in [1.807, 2.05) is 6.07 Å². The van der Waals surface area contributed by atoms with Crippen molar-refractivity contribution in [1.29, 1.82) is 0 Å². The number of benzene rings is 3. The fraction of sp³-hybridized carbons (Fsp3) is 0.333. The zero-order valence-electron chi connectivity index (χ0n) is 17.7. The normalized spacial score (nSPS) is 21.4. The molecule has 3 aromatic rings. The molecule has 0 aromatic heterocycles. The van der Waals surface area contributed by atoms with Crippen molar-refractivity contribution < 1.29 is 4.74 Å². The van der Waals surface area contributed by atoms with Gasteiger partial charge in [0.05, 0.1) is 7.11 Å². The van der Waals surface area contributed by atoms with Crippen molar-refractivity contribution in [2.45, 2.75) is 12.3 Å². The Balaban J connectivity index is 1.19. The molecule has 1 aliphatic carbocycles. The van der Waals surface area contributed by atoms with Crippen LogP contribution in [-0.2, 0) is 0 Å². The predicted molar refractivity (Wildman–Crippen MR) is 124 cm³/mol. The third-order valence-corrected chi connectivity index (χ3v) is 6.65. The Kier molecular flexibility index (Phi) is 5.46. The second kappa shape index (κ2) is 8.53. The molecule has 0 bridgehead atoms. The summed E-state index contributed by atoms with van der Waals surface area (Å²) >= 11 is 0. The van der Waals surface area contributed by atoms with E-state index in [1.165, 1.54) is 29.8 Å². The standard InChI is InChI=1S/C27H30N2O/c1-30-27-19-24(12-13-25(27)21-8-4-2-5-9-21)29-16-14-28(15-17-29)20-23-18-26(23)22-10-6-3-7-11-22/h2-13,19,23,26H,14-18,20H2,1H3. The zero-order chi connectivity index (χ0) is 20.3. The predicted octanol–water partition coefficient (Wildman–Crippen LogP) is 5.29. The molecule has 1 saturated heterocycles. The minimum absolute atomic E-state index is 0.777. The molecule has 2 unspecified atom stereocenters. The first-order chi connectivity index (χ1) is 14.8. The fourth-order valence-electron chi connectivity index (χ4n) is 4.81. The van der Waals surface area contributed by atoms with Gasteiger partial charge in [-0.1, -0.05) is 60.7 Å². The Bertz CT molecular complexity index is 965. The average Bonchev–Trinajstić information content (AvgIpc) is 3.59. The van der Waals surface area contributed by atoms with Crippen LogP contribution in [-0.4, -0.2) is 44.7 Å². The molecule has 0 radical (unpaired) electrons. The Labute approximate surface area is 179 Å². The van der Waals surface area contributed by atoms with Crippen LogP contribution in [0.25, 0.3) is 11.1 Å². The third kappa shape index (κ3) is 4.08. The molecular weight excluding hydrogens is 368 g/mol. The second-order valence-electron chi connectivity index (χ2n) is 8.55. The molecule has 1 saturated carbocycles. The van der Waals surface area contributed by atoms with Crippen molar-refractivity contribution in [2.75, 3.05) is 44.7 Å². The Hall–Kier alpha value is -2.78. The largest absolute Gasteiger partial charge is 0.496 e. The zero-order valence-corrected chi connectivity index (χ0v) is 17.7. The lowest BCUT2D eigenvalue weighted by Crippen LogP contribution is -2.47. The van der Waals surface area contributed by atoms with Crippen LogP contribution < -0.4 is 9.64 Å². The van der Waals surface area contributed by atoms with Gasteiger partial charge in [0.2, 0.25) is 0 Å². The average molecular weight is 399 g/mol.